The van der Waals surface area contributed by atoms with Crippen LogP contribution in [0, 0.1) is 10.1 Å². The molecule has 19 heavy (non-hydrogen) atoms. The predicted molar refractivity (Wildman–Crippen MR) is 77.5 cm³/mol. The maximum Gasteiger partial charge on any atom is 0.312 e. The molecule has 1 N–H and O–H groups in total. The van der Waals surface area contributed by atoms with Gasteiger partial charge in [-0.1, -0.05) is 6.92 Å². The van der Waals surface area contributed by atoms with Crippen molar-refractivity contribution in [2.75, 3.05) is 24.5 Å². The smallest absolute Gasteiger partial charge is 0.312 e. The van der Waals surface area contributed by atoms with Gasteiger partial charge in [0.25, 0.3) is 0 Å². The number of nitrogens with one attached hydrogen (secondary N) is 1. The molecule has 1 aliphatic rings. The van der Waals surface area contributed by atoms with Crippen LogP contribution in [0.4, 0.5) is 11.5 Å². The summed E-state index contributed by atoms with van der Waals surface area (Å²) < 4.78 is 0.629. The van der Waals surface area contributed by atoms with E-state index < -0.39 is 0 Å². The van der Waals surface area contributed by atoms with Crippen LogP contribution >= 0.6 is 15.9 Å². The summed E-state index contributed by atoms with van der Waals surface area (Å²) in [5.41, 5.74) is 0.0646. The van der Waals surface area contributed by atoms with Crippen molar-refractivity contribution >= 4 is 27.4 Å². The third-order valence-electron chi connectivity index (χ3n) is 3.22. The lowest BCUT2D eigenvalue weighted by Crippen LogP contribution is -2.38. The van der Waals surface area contributed by atoms with E-state index in [0.29, 0.717) is 10.3 Å². The number of nitro groups is 1. The zero-order valence-corrected chi connectivity index (χ0v) is 12.4. The fraction of sp³-hybridized carbons (Fsp3) is 0.583. The minimum atomic E-state index is -0.363. The molecule has 1 aliphatic heterocycles. The van der Waals surface area contributed by atoms with Crippen molar-refractivity contribution in [3.63, 3.8) is 0 Å². The summed E-state index contributed by atoms with van der Waals surface area (Å²) in [6.07, 6.45) is 3.55. The summed E-state index contributed by atoms with van der Waals surface area (Å²) >= 11 is 3.24. The lowest BCUT2D eigenvalue weighted by Gasteiger charge is -2.28. The molecular weight excluding hydrogens is 312 g/mol. The standard InChI is InChI=1S/C12H17BrN4O2/c1-2-5-16(10-3-4-14-8-10)12-11(17(18)19)6-9(13)7-15-12/h6-7,10,14H,2-5,8H2,1H3. The van der Waals surface area contributed by atoms with E-state index in [4.69, 9.17) is 0 Å². The number of nitrogens with zero attached hydrogens (tertiary/aromatic N) is 3. The van der Waals surface area contributed by atoms with Gasteiger partial charge in [0.05, 0.1) is 4.92 Å². The molecular formula is C12H17BrN4O2. The minimum Gasteiger partial charge on any atom is -0.347 e. The van der Waals surface area contributed by atoms with Crippen molar-refractivity contribution in [1.29, 1.82) is 0 Å². The first-order valence-electron chi connectivity index (χ1n) is 6.40. The van der Waals surface area contributed by atoms with E-state index in [9.17, 15) is 10.1 Å². The topological polar surface area (TPSA) is 71.3 Å². The van der Waals surface area contributed by atoms with Gasteiger partial charge in [-0.25, -0.2) is 4.98 Å². The Labute approximate surface area is 120 Å². The van der Waals surface area contributed by atoms with Gasteiger partial charge in [-0.15, -0.1) is 0 Å². The number of halogens is 1. The maximum absolute atomic E-state index is 11.2. The van der Waals surface area contributed by atoms with E-state index in [-0.39, 0.29) is 16.7 Å². The van der Waals surface area contributed by atoms with Crippen molar-refractivity contribution in [3.05, 3.63) is 26.9 Å². The Morgan fingerprint density at radius 1 is 1.68 bits per heavy atom. The summed E-state index contributed by atoms with van der Waals surface area (Å²) in [6, 6.07) is 1.81. The van der Waals surface area contributed by atoms with E-state index in [1.165, 1.54) is 6.07 Å². The molecule has 1 aromatic rings. The van der Waals surface area contributed by atoms with Crippen LogP contribution in [0.15, 0.2) is 16.7 Å². The van der Waals surface area contributed by atoms with Crippen LogP contribution in [0.3, 0.4) is 0 Å². The van der Waals surface area contributed by atoms with Gasteiger partial charge < -0.3 is 10.2 Å². The fourth-order valence-electron chi connectivity index (χ4n) is 2.38. The SMILES string of the molecule is CCCN(c1ncc(Br)cc1[N+](=O)[O-])C1CCNC1. The van der Waals surface area contributed by atoms with Crippen LogP contribution in [-0.2, 0) is 0 Å². The first kappa shape index (κ1) is 14.2. The van der Waals surface area contributed by atoms with Crippen molar-refractivity contribution in [1.82, 2.24) is 10.3 Å². The summed E-state index contributed by atoms with van der Waals surface area (Å²) in [7, 11) is 0. The molecule has 0 aliphatic carbocycles. The Hall–Kier alpha value is -1.21. The van der Waals surface area contributed by atoms with Crippen molar-refractivity contribution in [2.24, 2.45) is 0 Å². The molecule has 1 unspecified atom stereocenters. The molecule has 1 aromatic heterocycles. The summed E-state index contributed by atoms with van der Waals surface area (Å²) in [4.78, 5) is 17.2. The fourth-order valence-corrected chi connectivity index (χ4v) is 2.70. The summed E-state index contributed by atoms with van der Waals surface area (Å²) in [5.74, 6) is 0.476. The number of anilines is 1. The van der Waals surface area contributed by atoms with Gasteiger partial charge in [-0.3, -0.25) is 10.1 Å². The molecule has 0 radical (unpaired) electrons. The van der Waals surface area contributed by atoms with Gasteiger partial charge in [0, 0.05) is 35.9 Å². The van der Waals surface area contributed by atoms with E-state index in [1.54, 1.807) is 6.20 Å². The number of aromatic nitrogens is 1. The Bertz CT molecular complexity index is 463. The Morgan fingerprint density at radius 2 is 2.47 bits per heavy atom. The Kier molecular flexibility index (Phi) is 4.71. The van der Waals surface area contributed by atoms with Crippen LogP contribution in [0.25, 0.3) is 0 Å². The predicted octanol–water partition coefficient (Wildman–Crippen LogP) is 2.33. The molecule has 6 nitrogen and oxygen atoms in total. The number of rotatable bonds is 5. The molecule has 2 rings (SSSR count). The van der Waals surface area contributed by atoms with Gasteiger partial charge >= 0.3 is 5.69 Å². The van der Waals surface area contributed by atoms with Gasteiger partial charge in [0.2, 0.25) is 5.82 Å². The van der Waals surface area contributed by atoms with Gasteiger partial charge in [0.1, 0.15) is 0 Å². The van der Waals surface area contributed by atoms with Crippen LogP contribution in [-0.4, -0.2) is 35.6 Å². The molecule has 104 valence electrons. The van der Waals surface area contributed by atoms with Crippen molar-refractivity contribution in [3.8, 4) is 0 Å². The molecule has 0 saturated carbocycles. The third-order valence-corrected chi connectivity index (χ3v) is 3.66. The maximum atomic E-state index is 11.2. The van der Waals surface area contributed by atoms with E-state index in [0.717, 1.165) is 32.5 Å². The number of pyridine rings is 1. The lowest BCUT2D eigenvalue weighted by molar-refractivity contribution is -0.384. The highest BCUT2D eigenvalue weighted by atomic mass is 79.9. The lowest BCUT2D eigenvalue weighted by atomic mass is 10.2. The Balaban J connectivity index is 2.37. The first-order valence-corrected chi connectivity index (χ1v) is 7.20. The molecule has 0 bridgehead atoms. The third kappa shape index (κ3) is 3.22. The molecule has 0 spiro atoms. The number of hydrogen-bond acceptors (Lipinski definition) is 5. The van der Waals surface area contributed by atoms with Gasteiger partial charge in [0.15, 0.2) is 0 Å². The van der Waals surface area contributed by atoms with E-state index >= 15 is 0 Å². The first-order chi connectivity index (χ1) is 9.13. The highest BCUT2D eigenvalue weighted by Gasteiger charge is 2.28. The van der Waals surface area contributed by atoms with E-state index in [1.807, 2.05) is 0 Å². The normalized spacial score (nSPS) is 18.5. The van der Waals surface area contributed by atoms with Gasteiger partial charge in [-0.2, -0.15) is 0 Å². The van der Waals surface area contributed by atoms with Gasteiger partial charge in [-0.05, 0) is 35.3 Å². The second kappa shape index (κ2) is 6.29. The van der Waals surface area contributed by atoms with Crippen LogP contribution in [0.5, 0.6) is 0 Å². The Morgan fingerprint density at radius 3 is 3.05 bits per heavy atom. The van der Waals surface area contributed by atoms with Crippen molar-refractivity contribution in [2.45, 2.75) is 25.8 Å². The van der Waals surface area contributed by atoms with Crippen LogP contribution < -0.4 is 10.2 Å². The molecule has 1 atom stereocenters. The highest BCUT2D eigenvalue weighted by molar-refractivity contribution is 9.10. The zero-order valence-electron chi connectivity index (χ0n) is 10.8. The average Bonchev–Trinajstić information content (AvgIpc) is 2.90. The average molecular weight is 329 g/mol. The second-order valence-electron chi connectivity index (χ2n) is 4.59. The van der Waals surface area contributed by atoms with E-state index in [2.05, 4.69) is 38.1 Å². The monoisotopic (exact) mass is 328 g/mol. The number of hydrogen-bond donors (Lipinski definition) is 1. The summed E-state index contributed by atoms with van der Waals surface area (Å²) in [6.45, 7) is 4.66. The van der Waals surface area contributed by atoms with Crippen LogP contribution in [0.1, 0.15) is 19.8 Å². The molecule has 2 heterocycles. The largest absolute Gasteiger partial charge is 0.347 e. The summed E-state index contributed by atoms with van der Waals surface area (Å²) in [5, 5.41) is 14.5. The van der Waals surface area contributed by atoms with Crippen molar-refractivity contribution < 1.29 is 4.92 Å². The highest BCUT2D eigenvalue weighted by Crippen LogP contribution is 2.30. The molecule has 1 fully saturated rings. The molecule has 0 amide bonds. The zero-order chi connectivity index (χ0) is 13.8. The second-order valence-corrected chi connectivity index (χ2v) is 5.51. The molecule has 7 heteroatoms. The van der Waals surface area contributed by atoms with Crippen LogP contribution in [0.2, 0.25) is 0 Å². The molecule has 1 saturated heterocycles. The molecule has 0 aromatic carbocycles. The quantitative estimate of drug-likeness (QED) is 0.663. The minimum absolute atomic E-state index is 0.0646.